The summed E-state index contributed by atoms with van der Waals surface area (Å²) in [6, 6.07) is 8.56. The summed E-state index contributed by atoms with van der Waals surface area (Å²) in [4.78, 5) is 5.02. The van der Waals surface area contributed by atoms with Gasteiger partial charge in [0.25, 0.3) is 10.0 Å². The Morgan fingerprint density at radius 2 is 1.77 bits per heavy atom. The number of nitrogens with zero attached hydrogens (tertiary/aromatic N) is 3. The Balaban J connectivity index is 1.57. The van der Waals surface area contributed by atoms with Crippen LogP contribution in [0.15, 0.2) is 64.3 Å². The lowest BCUT2D eigenvalue weighted by Crippen LogP contribution is -2.38. The van der Waals surface area contributed by atoms with Crippen molar-refractivity contribution in [2.75, 3.05) is 12.3 Å². The molecule has 0 saturated carbocycles. The van der Waals surface area contributed by atoms with Gasteiger partial charge in [-0.2, -0.15) is 13.2 Å². The van der Waals surface area contributed by atoms with Gasteiger partial charge in [0.15, 0.2) is 5.84 Å². The zero-order chi connectivity index (χ0) is 21.5. The number of sulfonamides is 1. The average molecular weight is 456 g/mol. The normalized spacial score (nSPS) is 18.1. The lowest BCUT2D eigenvalue weighted by molar-refractivity contribution is -0.141. The number of allylic oxidation sites excluding steroid dienone is 2. The highest BCUT2D eigenvalue weighted by Crippen LogP contribution is 2.32. The van der Waals surface area contributed by atoms with E-state index >= 15 is 0 Å². The van der Waals surface area contributed by atoms with Crippen LogP contribution in [0.5, 0.6) is 11.5 Å². The van der Waals surface area contributed by atoms with Crippen molar-refractivity contribution < 1.29 is 26.3 Å². The smallest absolute Gasteiger partial charge is 0.433 e. The highest BCUT2D eigenvalue weighted by molar-refractivity contribution is 7.90. The first-order valence-electron chi connectivity index (χ1n) is 8.61. The molecule has 156 valence electrons. The molecule has 2 aliphatic heterocycles. The number of alkyl halides is 3. The molecular weight excluding hydrogens is 443 g/mol. The minimum atomic E-state index is -4.52. The maximum atomic E-state index is 12.6. The molecule has 0 N–H and O–H groups in total. The van der Waals surface area contributed by atoms with Crippen molar-refractivity contribution in [1.82, 2.24) is 9.88 Å². The molecule has 4 rings (SSSR count). The zero-order valence-corrected chi connectivity index (χ0v) is 16.7. The van der Waals surface area contributed by atoms with Crippen molar-refractivity contribution in [2.24, 2.45) is 4.40 Å². The van der Waals surface area contributed by atoms with Crippen molar-refractivity contribution in [3.63, 3.8) is 0 Å². The maximum Gasteiger partial charge on any atom is 0.433 e. The van der Waals surface area contributed by atoms with Crippen LogP contribution in [0.25, 0.3) is 5.57 Å². The fraction of sp³-hybridized carbons (Fsp3) is 0.158. The van der Waals surface area contributed by atoms with E-state index in [-0.39, 0.29) is 23.9 Å². The average Bonchev–Trinajstić information content (AvgIpc) is 2.68. The van der Waals surface area contributed by atoms with Crippen LogP contribution in [0.4, 0.5) is 13.2 Å². The monoisotopic (exact) mass is 455 g/mol. The molecule has 1 aromatic carbocycles. The molecule has 0 fully saturated rings. The molecule has 0 aliphatic carbocycles. The van der Waals surface area contributed by atoms with Gasteiger partial charge in [0, 0.05) is 18.3 Å². The van der Waals surface area contributed by atoms with Crippen LogP contribution in [0.3, 0.4) is 0 Å². The van der Waals surface area contributed by atoms with Crippen molar-refractivity contribution in [3.8, 4) is 11.5 Å². The second kappa shape index (κ2) is 7.44. The Morgan fingerprint density at radius 3 is 2.40 bits per heavy atom. The van der Waals surface area contributed by atoms with Crippen LogP contribution in [0, 0.1) is 0 Å². The predicted molar refractivity (Wildman–Crippen MR) is 106 cm³/mol. The summed E-state index contributed by atoms with van der Waals surface area (Å²) in [5.41, 5.74) is 0.181. The number of rotatable bonds is 3. The van der Waals surface area contributed by atoms with E-state index in [9.17, 15) is 21.6 Å². The lowest BCUT2D eigenvalue weighted by Gasteiger charge is -2.30. The number of halogens is 4. The van der Waals surface area contributed by atoms with E-state index in [4.69, 9.17) is 16.3 Å². The first-order valence-corrected chi connectivity index (χ1v) is 10.6. The number of hydrogen-bond acceptors (Lipinski definition) is 5. The summed E-state index contributed by atoms with van der Waals surface area (Å²) >= 11 is 6.16. The molecular formula is C19H13ClF3N3O3S. The van der Waals surface area contributed by atoms with Gasteiger partial charge in [0.2, 0.25) is 0 Å². The number of hydrogen-bond donors (Lipinski definition) is 0. The number of aromatic nitrogens is 1. The van der Waals surface area contributed by atoms with Gasteiger partial charge in [-0.3, -0.25) is 0 Å². The predicted octanol–water partition coefficient (Wildman–Crippen LogP) is 4.41. The molecule has 6 nitrogen and oxygen atoms in total. The fourth-order valence-electron chi connectivity index (χ4n) is 2.93. The summed E-state index contributed by atoms with van der Waals surface area (Å²) in [6.45, 7) is 0.247. The van der Waals surface area contributed by atoms with E-state index in [0.29, 0.717) is 21.9 Å². The van der Waals surface area contributed by atoms with E-state index in [1.165, 1.54) is 6.07 Å². The summed E-state index contributed by atoms with van der Waals surface area (Å²) in [6.07, 6.45) is -0.293. The van der Waals surface area contributed by atoms with Crippen molar-refractivity contribution in [3.05, 3.63) is 71.2 Å². The lowest BCUT2D eigenvalue weighted by atomic mass is 10.0. The van der Waals surface area contributed by atoms with Crippen LogP contribution in [0.1, 0.15) is 11.3 Å². The van der Waals surface area contributed by atoms with Gasteiger partial charge in [0.05, 0.1) is 17.0 Å². The first-order chi connectivity index (χ1) is 14.1. The third-order valence-electron chi connectivity index (χ3n) is 4.32. The van der Waals surface area contributed by atoms with Crippen molar-refractivity contribution >= 4 is 33.0 Å². The fourth-order valence-corrected chi connectivity index (χ4v) is 4.14. The Labute approximate surface area is 175 Å². The van der Waals surface area contributed by atoms with Crippen LogP contribution in [-0.2, 0) is 16.2 Å². The molecule has 30 heavy (non-hydrogen) atoms. The molecule has 0 unspecified atom stereocenters. The molecule has 0 atom stereocenters. The second-order valence-corrected chi connectivity index (χ2v) is 8.66. The summed E-state index contributed by atoms with van der Waals surface area (Å²) in [7, 11) is -3.55. The van der Waals surface area contributed by atoms with E-state index in [0.717, 1.165) is 12.3 Å². The third kappa shape index (κ3) is 4.34. The Morgan fingerprint density at radius 1 is 1.07 bits per heavy atom. The number of ether oxygens (including phenoxy) is 1. The molecule has 0 spiro atoms. The topological polar surface area (TPSA) is 71.9 Å². The molecule has 11 heteroatoms. The standard InChI is InChI=1S/C19H13ClF3N3O3S/c20-13-9-16(18-25-30(27,28)8-7-26(18)11-13)12-1-3-14(4-2-12)29-15-5-6-17(24-10-15)19(21,22)23/h1-6,9-11H,7-8H2. The molecule has 2 aromatic rings. The number of fused-ring (bicyclic) bond motifs is 1. The number of pyridine rings is 1. The highest BCUT2D eigenvalue weighted by atomic mass is 35.5. The van der Waals surface area contributed by atoms with Gasteiger partial charge < -0.3 is 9.64 Å². The molecule has 2 aliphatic rings. The van der Waals surface area contributed by atoms with Crippen LogP contribution < -0.4 is 4.74 Å². The van der Waals surface area contributed by atoms with Gasteiger partial charge in [-0.15, -0.1) is 4.40 Å². The number of benzene rings is 1. The minimum Gasteiger partial charge on any atom is -0.456 e. The molecule has 0 radical (unpaired) electrons. The zero-order valence-electron chi connectivity index (χ0n) is 15.1. The quantitative estimate of drug-likeness (QED) is 0.685. The summed E-state index contributed by atoms with van der Waals surface area (Å²) in [5.74, 6) is 0.700. The van der Waals surface area contributed by atoms with E-state index in [1.54, 1.807) is 41.4 Å². The molecule has 3 heterocycles. The largest absolute Gasteiger partial charge is 0.456 e. The van der Waals surface area contributed by atoms with Crippen molar-refractivity contribution in [2.45, 2.75) is 6.18 Å². The van der Waals surface area contributed by atoms with Gasteiger partial charge in [0.1, 0.15) is 17.2 Å². The maximum absolute atomic E-state index is 12.6. The summed E-state index contributed by atoms with van der Waals surface area (Å²) in [5, 5.41) is 0.430. The van der Waals surface area contributed by atoms with Gasteiger partial charge in [-0.05, 0) is 35.9 Å². The molecule has 0 saturated heterocycles. The molecule has 1 aromatic heterocycles. The van der Waals surface area contributed by atoms with Gasteiger partial charge in [-0.1, -0.05) is 23.7 Å². The van der Waals surface area contributed by atoms with E-state index in [2.05, 4.69) is 9.38 Å². The Kier molecular flexibility index (Phi) is 5.07. The van der Waals surface area contributed by atoms with Crippen LogP contribution in [-0.4, -0.2) is 36.4 Å². The van der Waals surface area contributed by atoms with E-state index < -0.39 is 21.9 Å². The Bertz CT molecular complexity index is 1170. The molecule has 0 bridgehead atoms. The third-order valence-corrected chi connectivity index (χ3v) is 5.67. The van der Waals surface area contributed by atoms with Gasteiger partial charge in [-0.25, -0.2) is 13.4 Å². The number of amidine groups is 1. The van der Waals surface area contributed by atoms with Crippen LogP contribution in [0.2, 0.25) is 0 Å². The SMILES string of the molecule is O=S1(=O)CCN2C=C(Cl)C=C(c3ccc(Oc4ccc(C(F)(F)F)nc4)cc3)C2=N1. The van der Waals surface area contributed by atoms with E-state index in [1.807, 2.05) is 0 Å². The van der Waals surface area contributed by atoms with Crippen molar-refractivity contribution in [1.29, 1.82) is 0 Å². The second-order valence-electron chi connectivity index (χ2n) is 6.47. The minimum absolute atomic E-state index is 0.0988. The van der Waals surface area contributed by atoms with Crippen LogP contribution >= 0.6 is 11.6 Å². The first kappa shape index (κ1) is 20.4. The Hall–Kier alpha value is -2.85. The summed E-state index contributed by atoms with van der Waals surface area (Å²) < 4.78 is 71.0. The highest BCUT2D eigenvalue weighted by Gasteiger charge is 2.32. The van der Waals surface area contributed by atoms with Gasteiger partial charge >= 0.3 is 6.18 Å². The molecule has 0 amide bonds.